The number of halogens is 4. The van der Waals surface area contributed by atoms with Crippen molar-refractivity contribution in [3.8, 4) is 0 Å². The molecule has 0 heterocycles. The lowest BCUT2D eigenvalue weighted by Gasteiger charge is -2.25. The Bertz CT molecular complexity index is 717. The molecule has 0 spiro atoms. The molecule has 2 rings (SSSR count). The van der Waals surface area contributed by atoms with Gasteiger partial charge >= 0.3 is 0 Å². The normalized spacial score (nSPS) is 12.1. The van der Waals surface area contributed by atoms with Gasteiger partial charge in [0.05, 0.1) is 6.04 Å². The van der Waals surface area contributed by atoms with E-state index in [0.29, 0.717) is 5.56 Å². The molecule has 22 heavy (non-hydrogen) atoms. The van der Waals surface area contributed by atoms with E-state index in [4.69, 9.17) is 0 Å². The molecular weight excluding hydrogens is 298 g/mol. The third-order valence-electron chi connectivity index (χ3n) is 3.49. The SMILES string of the molecule is CC(c1ccc(F)c(F)c1)N(C)C(=O)c1ccc(F)c(F)c1. The van der Waals surface area contributed by atoms with Crippen LogP contribution >= 0.6 is 0 Å². The van der Waals surface area contributed by atoms with Gasteiger partial charge in [0.2, 0.25) is 0 Å². The summed E-state index contributed by atoms with van der Waals surface area (Å²) in [5, 5.41) is 0. The van der Waals surface area contributed by atoms with Crippen LogP contribution in [0.3, 0.4) is 0 Å². The average Bonchev–Trinajstić information content (AvgIpc) is 2.50. The van der Waals surface area contributed by atoms with Crippen LogP contribution in [0.15, 0.2) is 36.4 Å². The van der Waals surface area contributed by atoms with E-state index < -0.39 is 35.2 Å². The molecular formula is C16H13F4NO. The molecule has 0 aromatic heterocycles. The maximum Gasteiger partial charge on any atom is 0.254 e. The maximum atomic E-state index is 13.3. The zero-order valence-electron chi connectivity index (χ0n) is 11.9. The number of benzene rings is 2. The van der Waals surface area contributed by atoms with Gasteiger partial charge in [0.15, 0.2) is 23.3 Å². The number of hydrogen-bond acceptors (Lipinski definition) is 1. The first kappa shape index (κ1) is 16.0. The summed E-state index contributed by atoms with van der Waals surface area (Å²) in [6.07, 6.45) is 0. The van der Waals surface area contributed by atoms with Gasteiger partial charge in [-0.05, 0) is 42.8 Å². The van der Waals surface area contributed by atoms with Crippen LogP contribution in [0, 0.1) is 23.3 Å². The predicted octanol–water partition coefficient (Wildman–Crippen LogP) is 4.08. The summed E-state index contributed by atoms with van der Waals surface area (Å²) in [6.45, 7) is 1.62. The summed E-state index contributed by atoms with van der Waals surface area (Å²) >= 11 is 0. The highest BCUT2D eigenvalue weighted by atomic mass is 19.2. The van der Waals surface area contributed by atoms with Crippen molar-refractivity contribution in [2.24, 2.45) is 0 Å². The van der Waals surface area contributed by atoms with Crippen LogP contribution in [0.2, 0.25) is 0 Å². The Balaban J connectivity index is 2.25. The molecule has 0 radical (unpaired) electrons. The highest BCUT2D eigenvalue weighted by Gasteiger charge is 2.21. The first-order valence-electron chi connectivity index (χ1n) is 6.48. The summed E-state index contributed by atoms with van der Waals surface area (Å²) in [5.41, 5.74) is 0.355. The maximum absolute atomic E-state index is 13.3. The van der Waals surface area contributed by atoms with Crippen LogP contribution < -0.4 is 0 Å². The number of carbonyl (C=O) groups is 1. The molecule has 0 aliphatic rings. The van der Waals surface area contributed by atoms with E-state index in [2.05, 4.69) is 0 Å². The van der Waals surface area contributed by atoms with Crippen LogP contribution in [0.5, 0.6) is 0 Å². The van der Waals surface area contributed by atoms with Crippen molar-refractivity contribution in [1.29, 1.82) is 0 Å². The Labute approximate surface area is 125 Å². The summed E-state index contributed by atoms with van der Waals surface area (Å²) in [5.74, 6) is -4.73. The Morgan fingerprint density at radius 3 is 2.00 bits per heavy atom. The van der Waals surface area contributed by atoms with E-state index in [1.54, 1.807) is 6.92 Å². The Morgan fingerprint density at radius 1 is 0.909 bits per heavy atom. The summed E-state index contributed by atoms with van der Waals surface area (Å²) < 4.78 is 52.3. The lowest BCUT2D eigenvalue weighted by atomic mass is 10.1. The fourth-order valence-electron chi connectivity index (χ4n) is 2.00. The molecule has 1 unspecified atom stereocenters. The van der Waals surface area contributed by atoms with Crippen molar-refractivity contribution in [1.82, 2.24) is 4.90 Å². The number of amides is 1. The average molecular weight is 311 g/mol. The predicted molar refractivity (Wildman–Crippen MR) is 73.2 cm³/mol. The standard InChI is InChI=1S/C16H13F4NO/c1-9(10-3-5-12(17)14(19)7-10)21(2)16(22)11-4-6-13(18)15(20)8-11/h3-9H,1-2H3. The molecule has 0 saturated heterocycles. The molecule has 1 atom stereocenters. The highest BCUT2D eigenvalue weighted by molar-refractivity contribution is 5.94. The van der Waals surface area contributed by atoms with Crippen LogP contribution in [0.4, 0.5) is 17.6 Å². The minimum Gasteiger partial charge on any atom is -0.335 e. The second-order valence-electron chi connectivity index (χ2n) is 4.89. The van der Waals surface area contributed by atoms with Gasteiger partial charge in [-0.25, -0.2) is 17.6 Å². The van der Waals surface area contributed by atoms with Gasteiger partial charge in [-0.3, -0.25) is 4.79 Å². The van der Waals surface area contributed by atoms with Crippen LogP contribution in [-0.4, -0.2) is 17.9 Å². The summed E-state index contributed by atoms with van der Waals surface area (Å²) in [4.78, 5) is 13.5. The molecule has 0 bridgehead atoms. The third kappa shape index (κ3) is 3.10. The van der Waals surface area contributed by atoms with E-state index in [-0.39, 0.29) is 5.56 Å². The van der Waals surface area contributed by atoms with Gasteiger partial charge in [0.1, 0.15) is 0 Å². The molecule has 0 aliphatic carbocycles. The minimum atomic E-state index is -1.13. The zero-order valence-corrected chi connectivity index (χ0v) is 11.9. The second kappa shape index (κ2) is 6.17. The molecule has 6 heteroatoms. The van der Waals surface area contributed by atoms with Crippen LogP contribution in [0.25, 0.3) is 0 Å². The molecule has 0 saturated carbocycles. The van der Waals surface area contributed by atoms with Gasteiger partial charge in [-0.15, -0.1) is 0 Å². The van der Waals surface area contributed by atoms with Gasteiger partial charge in [-0.2, -0.15) is 0 Å². The van der Waals surface area contributed by atoms with E-state index in [9.17, 15) is 22.4 Å². The van der Waals surface area contributed by atoms with Crippen molar-refractivity contribution in [2.45, 2.75) is 13.0 Å². The quantitative estimate of drug-likeness (QED) is 0.782. The number of nitrogens with zero attached hydrogens (tertiary/aromatic N) is 1. The van der Waals surface area contributed by atoms with Gasteiger partial charge in [-0.1, -0.05) is 6.07 Å². The monoisotopic (exact) mass is 311 g/mol. The van der Waals surface area contributed by atoms with Crippen molar-refractivity contribution in [3.05, 3.63) is 70.8 Å². The van der Waals surface area contributed by atoms with Gasteiger partial charge < -0.3 is 4.90 Å². The first-order chi connectivity index (χ1) is 10.3. The van der Waals surface area contributed by atoms with Crippen LogP contribution in [-0.2, 0) is 0 Å². The van der Waals surface area contributed by atoms with E-state index in [1.807, 2.05) is 0 Å². The topological polar surface area (TPSA) is 20.3 Å². The summed E-state index contributed by atoms with van der Waals surface area (Å²) in [6, 6.07) is 5.57. The molecule has 2 nitrogen and oxygen atoms in total. The Morgan fingerprint density at radius 2 is 1.45 bits per heavy atom. The second-order valence-corrected chi connectivity index (χ2v) is 4.89. The highest BCUT2D eigenvalue weighted by Crippen LogP contribution is 2.23. The zero-order chi connectivity index (χ0) is 16.4. The fourth-order valence-corrected chi connectivity index (χ4v) is 2.00. The van der Waals surface area contributed by atoms with Crippen LogP contribution in [0.1, 0.15) is 28.9 Å². The van der Waals surface area contributed by atoms with Crippen molar-refractivity contribution in [3.63, 3.8) is 0 Å². The smallest absolute Gasteiger partial charge is 0.254 e. The van der Waals surface area contributed by atoms with Crippen molar-refractivity contribution >= 4 is 5.91 Å². The van der Waals surface area contributed by atoms with Crippen molar-refractivity contribution in [2.75, 3.05) is 7.05 Å². The van der Waals surface area contributed by atoms with E-state index >= 15 is 0 Å². The summed E-state index contributed by atoms with van der Waals surface area (Å²) in [7, 11) is 1.44. The van der Waals surface area contributed by atoms with E-state index in [0.717, 1.165) is 30.3 Å². The van der Waals surface area contributed by atoms with E-state index in [1.165, 1.54) is 18.0 Å². The molecule has 0 N–H and O–H groups in total. The van der Waals surface area contributed by atoms with Gasteiger partial charge in [0, 0.05) is 12.6 Å². The lowest BCUT2D eigenvalue weighted by molar-refractivity contribution is 0.0741. The molecule has 2 aromatic rings. The molecule has 0 fully saturated rings. The molecule has 2 aromatic carbocycles. The molecule has 0 aliphatic heterocycles. The largest absolute Gasteiger partial charge is 0.335 e. The molecule has 116 valence electrons. The van der Waals surface area contributed by atoms with Crippen molar-refractivity contribution < 1.29 is 22.4 Å². The number of carbonyl (C=O) groups excluding carboxylic acids is 1. The van der Waals surface area contributed by atoms with Gasteiger partial charge in [0.25, 0.3) is 5.91 Å². The third-order valence-corrected chi connectivity index (χ3v) is 3.49. The number of hydrogen-bond donors (Lipinski definition) is 0. The number of rotatable bonds is 3. The fraction of sp³-hybridized carbons (Fsp3) is 0.188. The Hall–Kier alpha value is -2.37. The first-order valence-corrected chi connectivity index (χ1v) is 6.48. The molecule has 1 amide bonds. The minimum absolute atomic E-state index is 0.0316. The lowest BCUT2D eigenvalue weighted by Crippen LogP contribution is -2.29. The Kier molecular flexibility index (Phi) is 4.49.